The third kappa shape index (κ3) is 3.01. The molecule has 0 fully saturated rings. The molecule has 0 aromatic heterocycles. The van der Waals surface area contributed by atoms with Crippen molar-refractivity contribution in [2.75, 3.05) is 13.2 Å². The first kappa shape index (κ1) is 11.0. The summed E-state index contributed by atoms with van der Waals surface area (Å²) in [5.74, 6) is 0.836. The van der Waals surface area contributed by atoms with Crippen molar-refractivity contribution in [3.05, 3.63) is 29.8 Å². The Bertz CT molecular complexity index is 276. The Morgan fingerprint density at radius 1 is 1.43 bits per heavy atom. The van der Waals surface area contributed by atoms with Crippen LogP contribution < -0.4 is 10.5 Å². The van der Waals surface area contributed by atoms with Gasteiger partial charge in [0.25, 0.3) is 0 Å². The fourth-order valence-electron chi connectivity index (χ4n) is 1.19. The van der Waals surface area contributed by atoms with Gasteiger partial charge in [-0.1, -0.05) is 25.1 Å². The maximum atomic E-state index is 9.23. The van der Waals surface area contributed by atoms with Crippen molar-refractivity contribution in [2.24, 2.45) is 5.73 Å². The van der Waals surface area contributed by atoms with Crippen LogP contribution >= 0.6 is 0 Å². The fourth-order valence-corrected chi connectivity index (χ4v) is 1.19. The molecule has 0 heterocycles. The number of rotatable bonds is 5. The second-order valence-corrected chi connectivity index (χ2v) is 3.16. The number of aliphatic hydroxyl groups excluding tert-OH is 1. The van der Waals surface area contributed by atoms with Gasteiger partial charge in [0, 0.05) is 6.54 Å². The first-order chi connectivity index (χ1) is 6.77. The van der Waals surface area contributed by atoms with Gasteiger partial charge in [-0.25, -0.2) is 0 Å². The lowest BCUT2D eigenvalue weighted by molar-refractivity contribution is 0.113. The van der Waals surface area contributed by atoms with Crippen LogP contribution in [-0.2, 0) is 6.42 Å². The van der Waals surface area contributed by atoms with Gasteiger partial charge in [-0.2, -0.15) is 0 Å². The number of aryl methyl sites for hydroxylation is 1. The maximum absolute atomic E-state index is 9.23. The molecule has 14 heavy (non-hydrogen) atoms. The third-order valence-electron chi connectivity index (χ3n) is 2.06. The van der Waals surface area contributed by atoms with E-state index in [4.69, 9.17) is 10.5 Å². The Labute approximate surface area is 84.5 Å². The Morgan fingerprint density at radius 2 is 2.14 bits per heavy atom. The highest BCUT2D eigenvalue weighted by Gasteiger charge is 2.04. The second-order valence-electron chi connectivity index (χ2n) is 3.16. The maximum Gasteiger partial charge on any atom is 0.122 e. The molecule has 0 aliphatic rings. The molecule has 0 amide bonds. The van der Waals surface area contributed by atoms with E-state index in [1.807, 2.05) is 24.3 Å². The lowest BCUT2D eigenvalue weighted by Crippen LogP contribution is -2.26. The molecule has 0 radical (unpaired) electrons. The van der Waals surface area contributed by atoms with Crippen LogP contribution in [0.25, 0.3) is 0 Å². The first-order valence-electron chi connectivity index (χ1n) is 4.86. The van der Waals surface area contributed by atoms with Gasteiger partial charge in [0.05, 0.1) is 0 Å². The van der Waals surface area contributed by atoms with Gasteiger partial charge >= 0.3 is 0 Å². The van der Waals surface area contributed by atoms with Crippen LogP contribution in [-0.4, -0.2) is 24.4 Å². The zero-order chi connectivity index (χ0) is 10.4. The van der Waals surface area contributed by atoms with Crippen LogP contribution in [0.15, 0.2) is 24.3 Å². The number of nitrogens with two attached hydrogens (primary N) is 1. The summed E-state index contributed by atoms with van der Waals surface area (Å²) >= 11 is 0. The Hall–Kier alpha value is -1.06. The summed E-state index contributed by atoms with van der Waals surface area (Å²) in [6.45, 7) is 2.56. The van der Waals surface area contributed by atoms with E-state index in [0.29, 0.717) is 0 Å². The highest BCUT2D eigenvalue weighted by Crippen LogP contribution is 2.18. The molecule has 0 saturated carbocycles. The number of hydrogen-bond acceptors (Lipinski definition) is 3. The second kappa shape index (κ2) is 5.62. The minimum atomic E-state index is -0.583. The molecule has 3 heteroatoms. The average Bonchev–Trinajstić information content (AvgIpc) is 2.26. The summed E-state index contributed by atoms with van der Waals surface area (Å²) in [6, 6.07) is 7.82. The van der Waals surface area contributed by atoms with Crippen molar-refractivity contribution in [1.82, 2.24) is 0 Å². The molecular formula is C11H17NO2. The predicted octanol–water partition coefficient (Wildman–Crippen LogP) is 0.947. The van der Waals surface area contributed by atoms with E-state index in [1.165, 1.54) is 0 Å². The molecule has 1 atom stereocenters. The van der Waals surface area contributed by atoms with Gasteiger partial charge in [0.15, 0.2) is 0 Å². The molecule has 1 unspecified atom stereocenters. The number of hydrogen-bond donors (Lipinski definition) is 2. The van der Waals surface area contributed by atoms with E-state index in [-0.39, 0.29) is 13.2 Å². The van der Waals surface area contributed by atoms with Crippen molar-refractivity contribution in [3.8, 4) is 5.75 Å². The van der Waals surface area contributed by atoms with Crippen molar-refractivity contribution in [3.63, 3.8) is 0 Å². The van der Waals surface area contributed by atoms with E-state index in [0.717, 1.165) is 17.7 Å². The SMILES string of the molecule is CCc1ccccc1OCC(O)CN. The molecule has 0 aliphatic heterocycles. The minimum Gasteiger partial charge on any atom is -0.491 e. The molecule has 0 bridgehead atoms. The molecule has 78 valence electrons. The van der Waals surface area contributed by atoms with E-state index in [2.05, 4.69) is 6.92 Å². The monoisotopic (exact) mass is 195 g/mol. The van der Waals surface area contributed by atoms with Gasteiger partial charge < -0.3 is 15.6 Å². The van der Waals surface area contributed by atoms with E-state index in [9.17, 15) is 5.11 Å². The molecule has 3 nitrogen and oxygen atoms in total. The van der Waals surface area contributed by atoms with Crippen LogP contribution in [0.4, 0.5) is 0 Å². The van der Waals surface area contributed by atoms with E-state index >= 15 is 0 Å². The van der Waals surface area contributed by atoms with Gasteiger partial charge in [0.2, 0.25) is 0 Å². The summed E-state index contributed by atoms with van der Waals surface area (Å²) in [5, 5.41) is 9.23. The van der Waals surface area contributed by atoms with Crippen molar-refractivity contribution >= 4 is 0 Å². The normalized spacial score (nSPS) is 12.5. The molecule has 0 spiro atoms. The highest BCUT2D eigenvalue weighted by molar-refractivity contribution is 5.33. The molecule has 1 aromatic rings. The van der Waals surface area contributed by atoms with Gasteiger partial charge in [-0.15, -0.1) is 0 Å². The lowest BCUT2D eigenvalue weighted by Gasteiger charge is -2.12. The average molecular weight is 195 g/mol. The molecule has 1 aromatic carbocycles. The molecular weight excluding hydrogens is 178 g/mol. The summed E-state index contributed by atoms with van der Waals surface area (Å²) in [6.07, 6.45) is 0.342. The largest absolute Gasteiger partial charge is 0.491 e. The van der Waals surface area contributed by atoms with Crippen molar-refractivity contribution in [2.45, 2.75) is 19.4 Å². The van der Waals surface area contributed by atoms with Crippen LogP contribution in [0.1, 0.15) is 12.5 Å². The molecule has 0 aliphatic carbocycles. The molecule has 1 rings (SSSR count). The van der Waals surface area contributed by atoms with Gasteiger partial charge in [-0.3, -0.25) is 0 Å². The first-order valence-corrected chi connectivity index (χ1v) is 4.86. The number of benzene rings is 1. The Morgan fingerprint density at radius 3 is 2.79 bits per heavy atom. The Balaban J connectivity index is 2.57. The van der Waals surface area contributed by atoms with Crippen molar-refractivity contribution < 1.29 is 9.84 Å². The summed E-state index contributed by atoms with van der Waals surface area (Å²) in [5.41, 5.74) is 6.43. The number of ether oxygens (including phenoxy) is 1. The predicted molar refractivity (Wildman–Crippen MR) is 56.4 cm³/mol. The van der Waals surface area contributed by atoms with Crippen molar-refractivity contribution in [1.29, 1.82) is 0 Å². The van der Waals surface area contributed by atoms with Crippen LogP contribution in [0.5, 0.6) is 5.75 Å². The molecule has 3 N–H and O–H groups in total. The molecule has 0 saturated heterocycles. The Kier molecular flexibility index (Phi) is 4.43. The van der Waals surface area contributed by atoms with Gasteiger partial charge in [-0.05, 0) is 18.1 Å². The smallest absolute Gasteiger partial charge is 0.122 e. The van der Waals surface area contributed by atoms with Gasteiger partial charge in [0.1, 0.15) is 18.5 Å². The summed E-state index contributed by atoms with van der Waals surface area (Å²) in [4.78, 5) is 0. The minimum absolute atomic E-state index is 0.230. The van der Waals surface area contributed by atoms with E-state index < -0.39 is 6.10 Å². The van der Waals surface area contributed by atoms with Crippen LogP contribution in [0, 0.1) is 0 Å². The number of para-hydroxylation sites is 1. The summed E-state index contributed by atoms with van der Waals surface area (Å²) < 4.78 is 5.45. The fraction of sp³-hybridized carbons (Fsp3) is 0.455. The van der Waals surface area contributed by atoms with E-state index in [1.54, 1.807) is 0 Å². The van der Waals surface area contributed by atoms with Crippen LogP contribution in [0.3, 0.4) is 0 Å². The highest BCUT2D eigenvalue weighted by atomic mass is 16.5. The quantitative estimate of drug-likeness (QED) is 0.735. The van der Waals surface area contributed by atoms with Crippen LogP contribution in [0.2, 0.25) is 0 Å². The summed E-state index contributed by atoms with van der Waals surface area (Å²) in [7, 11) is 0. The third-order valence-corrected chi connectivity index (χ3v) is 2.06. The zero-order valence-corrected chi connectivity index (χ0v) is 8.44. The zero-order valence-electron chi connectivity index (χ0n) is 8.44. The standard InChI is InChI=1S/C11H17NO2/c1-2-9-5-3-4-6-11(9)14-8-10(13)7-12/h3-6,10,13H,2,7-8,12H2,1H3. The topological polar surface area (TPSA) is 55.5 Å². The number of aliphatic hydroxyl groups is 1. The lowest BCUT2D eigenvalue weighted by atomic mass is 10.1.